The van der Waals surface area contributed by atoms with E-state index >= 15 is 0 Å². The molecule has 2 aromatic rings. The maximum Gasteiger partial charge on any atom is 0.368 e. The number of nitrogens with zero attached hydrogens (tertiary/aromatic N) is 4. The number of rotatable bonds is 1. The van der Waals surface area contributed by atoms with Crippen LogP contribution in [0.5, 0.6) is 0 Å². The highest BCUT2D eigenvalue weighted by molar-refractivity contribution is 5.73. The van der Waals surface area contributed by atoms with Crippen LogP contribution in [0.2, 0.25) is 0 Å². The second-order valence-electron chi connectivity index (χ2n) is 4.58. The van der Waals surface area contributed by atoms with Crippen LogP contribution >= 0.6 is 0 Å². The molecule has 88 valence electrons. The van der Waals surface area contributed by atoms with Gasteiger partial charge in [0.15, 0.2) is 5.65 Å². The number of hydrogen-bond donors (Lipinski definition) is 0. The Bertz CT molecular complexity index is 607. The Morgan fingerprint density at radius 2 is 2.29 bits per heavy atom. The van der Waals surface area contributed by atoms with Crippen LogP contribution < -0.4 is 10.7 Å². The first-order valence-corrected chi connectivity index (χ1v) is 5.84. The molecule has 5 heteroatoms. The van der Waals surface area contributed by atoms with Gasteiger partial charge in [0.2, 0.25) is 0 Å². The van der Waals surface area contributed by atoms with Gasteiger partial charge in [0, 0.05) is 30.9 Å². The molecule has 1 atom stereocenters. The minimum absolute atomic E-state index is 0.245. The number of pyridine rings is 1. The first-order valence-electron chi connectivity index (χ1n) is 5.84. The second-order valence-corrected chi connectivity index (χ2v) is 4.58. The van der Waals surface area contributed by atoms with E-state index < -0.39 is 0 Å². The minimum atomic E-state index is -0.245. The van der Waals surface area contributed by atoms with Crippen molar-refractivity contribution in [3.8, 4) is 0 Å². The fraction of sp³-hybridized carbons (Fsp3) is 0.417. The van der Waals surface area contributed by atoms with Crippen molar-refractivity contribution in [3.63, 3.8) is 0 Å². The molecule has 2 aromatic heterocycles. The third-order valence-corrected chi connectivity index (χ3v) is 3.20. The highest BCUT2D eigenvalue weighted by Crippen LogP contribution is 2.15. The molecule has 3 heterocycles. The molecule has 17 heavy (non-hydrogen) atoms. The summed E-state index contributed by atoms with van der Waals surface area (Å²) < 4.78 is 1.61. The first-order chi connectivity index (χ1) is 8.25. The fourth-order valence-corrected chi connectivity index (χ4v) is 2.31. The molecular weight excluding hydrogens is 216 g/mol. The third-order valence-electron chi connectivity index (χ3n) is 3.20. The van der Waals surface area contributed by atoms with Gasteiger partial charge in [0.05, 0.1) is 0 Å². The molecule has 1 aliphatic rings. The van der Waals surface area contributed by atoms with Gasteiger partial charge in [-0.15, -0.1) is 0 Å². The van der Waals surface area contributed by atoms with Gasteiger partial charge in [-0.2, -0.15) is 9.66 Å². The number of hydrogen-bond acceptors (Lipinski definition) is 4. The molecular formula is C12H14N4O. The summed E-state index contributed by atoms with van der Waals surface area (Å²) in [5.74, 6) is 0.612. The standard InChI is InChI=1S/C12H14N4O/c1-9-4-6-15(8-9)16-11-10(3-2-5-13-11)7-14-12(16)17/h2-3,5,7,9H,4,6,8H2,1H3/t9-/m0/s1. The Morgan fingerprint density at radius 1 is 1.41 bits per heavy atom. The molecule has 0 unspecified atom stereocenters. The summed E-state index contributed by atoms with van der Waals surface area (Å²) in [6.07, 6.45) is 4.40. The summed E-state index contributed by atoms with van der Waals surface area (Å²) in [6, 6.07) is 3.77. The van der Waals surface area contributed by atoms with Crippen molar-refractivity contribution in [1.29, 1.82) is 0 Å². The van der Waals surface area contributed by atoms with E-state index in [1.165, 1.54) is 0 Å². The Labute approximate surface area is 98.7 Å². The van der Waals surface area contributed by atoms with E-state index in [9.17, 15) is 4.79 Å². The average Bonchev–Trinajstić information content (AvgIpc) is 2.75. The minimum Gasteiger partial charge on any atom is -0.307 e. The largest absolute Gasteiger partial charge is 0.368 e. The van der Waals surface area contributed by atoms with Crippen molar-refractivity contribution in [1.82, 2.24) is 14.6 Å². The monoisotopic (exact) mass is 230 g/mol. The average molecular weight is 230 g/mol. The maximum atomic E-state index is 11.9. The van der Waals surface area contributed by atoms with Crippen molar-refractivity contribution in [3.05, 3.63) is 35.0 Å². The highest BCUT2D eigenvalue weighted by atomic mass is 16.2. The Hall–Kier alpha value is -1.91. The van der Waals surface area contributed by atoms with E-state index in [-0.39, 0.29) is 5.69 Å². The Morgan fingerprint density at radius 3 is 3.06 bits per heavy atom. The van der Waals surface area contributed by atoms with Crippen LogP contribution in [0.3, 0.4) is 0 Å². The maximum absolute atomic E-state index is 11.9. The van der Waals surface area contributed by atoms with Gasteiger partial charge in [0.1, 0.15) is 0 Å². The van der Waals surface area contributed by atoms with E-state index in [0.29, 0.717) is 11.6 Å². The first kappa shape index (κ1) is 10.3. The molecule has 0 aromatic carbocycles. The summed E-state index contributed by atoms with van der Waals surface area (Å²) in [4.78, 5) is 20.1. The molecule has 0 N–H and O–H groups in total. The van der Waals surface area contributed by atoms with Gasteiger partial charge in [-0.3, -0.25) is 0 Å². The van der Waals surface area contributed by atoms with Crippen molar-refractivity contribution in [2.45, 2.75) is 13.3 Å². The SMILES string of the molecule is C[C@H]1CCN(n2c(=O)ncc3cccnc32)C1. The lowest BCUT2D eigenvalue weighted by atomic mass is 10.2. The van der Waals surface area contributed by atoms with Gasteiger partial charge in [-0.1, -0.05) is 6.92 Å². The molecule has 0 spiro atoms. The molecule has 0 bridgehead atoms. The topological polar surface area (TPSA) is 51.0 Å². The van der Waals surface area contributed by atoms with Crippen molar-refractivity contribution in [2.75, 3.05) is 18.1 Å². The van der Waals surface area contributed by atoms with Crippen LogP contribution in [-0.2, 0) is 0 Å². The third kappa shape index (κ3) is 1.67. The molecule has 1 aliphatic heterocycles. The summed E-state index contributed by atoms with van der Waals surface area (Å²) >= 11 is 0. The van der Waals surface area contributed by atoms with E-state index in [1.807, 2.05) is 17.1 Å². The summed E-state index contributed by atoms with van der Waals surface area (Å²) in [6.45, 7) is 3.97. The van der Waals surface area contributed by atoms with Gasteiger partial charge in [0.25, 0.3) is 0 Å². The van der Waals surface area contributed by atoms with Crippen molar-refractivity contribution < 1.29 is 0 Å². The van der Waals surface area contributed by atoms with Crippen LogP contribution in [0.4, 0.5) is 0 Å². The van der Waals surface area contributed by atoms with Gasteiger partial charge in [-0.25, -0.2) is 9.78 Å². The van der Waals surface area contributed by atoms with E-state index in [2.05, 4.69) is 16.9 Å². The predicted molar refractivity (Wildman–Crippen MR) is 65.5 cm³/mol. The molecule has 0 amide bonds. The molecule has 0 radical (unpaired) electrons. The fourth-order valence-electron chi connectivity index (χ4n) is 2.31. The van der Waals surface area contributed by atoms with Gasteiger partial charge < -0.3 is 5.01 Å². The van der Waals surface area contributed by atoms with Crippen LogP contribution in [-0.4, -0.2) is 27.7 Å². The van der Waals surface area contributed by atoms with Crippen LogP contribution in [0.1, 0.15) is 13.3 Å². The summed E-state index contributed by atoms with van der Waals surface area (Å²) in [5.41, 5.74) is 0.451. The zero-order valence-corrected chi connectivity index (χ0v) is 9.71. The molecule has 0 saturated carbocycles. The zero-order valence-electron chi connectivity index (χ0n) is 9.71. The van der Waals surface area contributed by atoms with E-state index in [1.54, 1.807) is 17.1 Å². The number of aromatic nitrogens is 3. The lowest BCUT2D eigenvalue weighted by Crippen LogP contribution is -2.42. The van der Waals surface area contributed by atoms with Crippen molar-refractivity contribution in [2.24, 2.45) is 5.92 Å². The lowest BCUT2D eigenvalue weighted by molar-refractivity contribution is 0.604. The van der Waals surface area contributed by atoms with Gasteiger partial charge >= 0.3 is 5.69 Å². The quantitative estimate of drug-likeness (QED) is 0.726. The molecule has 5 nitrogen and oxygen atoms in total. The zero-order chi connectivity index (χ0) is 11.8. The Kier molecular flexibility index (Phi) is 2.31. The van der Waals surface area contributed by atoms with Crippen LogP contribution in [0.15, 0.2) is 29.3 Å². The lowest BCUT2D eigenvalue weighted by Gasteiger charge is -2.21. The van der Waals surface area contributed by atoms with Gasteiger partial charge in [-0.05, 0) is 24.5 Å². The summed E-state index contributed by atoms with van der Waals surface area (Å²) in [7, 11) is 0. The highest BCUT2D eigenvalue weighted by Gasteiger charge is 2.21. The normalized spacial score (nSPS) is 20.1. The molecule has 0 aliphatic carbocycles. The van der Waals surface area contributed by atoms with Crippen LogP contribution in [0.25, 0.3) is 11.0 Å². The smallest absolute Gasteiger partial charge is 0.307 e. The van der Waals surface area contributed by atoms with Crippen molar-refractivity contribution >= 4 is 11.0 Å². The molecule has 3 rings (SSSR count). The number of fused-ring (bicyclic) bond motifs is 1. The molecule has 1 fully saturated rings. The Balaban J connectivity index is 2.20. The van der Waals surface area contributed by atoms with Crippen LogP contribution in [0, 0.1) is 5.92 Å². The summed E-state index contributed by atoms with van der Waals surface area (Å²) in [5, 5.41) is 2.93. The van der Waals surface area contributed by atoms with E-state index in [0.717, 1.165) is 24.9 Å². The predicted octanol–water partition coefficient (Wildman–Crippen LogP) is 0.769. The van der Waals surface area contributed by atoms with E-state index in [4.69, 9.17) is 0 Å². The second kappa shape index (κ2) is 3.84. The molecule has 1 saturated heterocycles.